The van der Waals surface area contributed by atoms with Gasteiger partial charge in [0, 0.05) is 38.3 Å². The Bertz CT molecular complexity index is 757. The molecule has 0 aliphatic carbocycles. The lowest BCUT2D eigenvalue weighted by molar-refractivity contribution is 0.180. The van der Waals surface area contributed by atoms with Crippen molar-refractivity contribution in [1.29, 1.82) is 0 Å². The summed E-state index contributed by atoms with van der Waals surface area (Å²) in [5.74, 6) is -0.216. The van der Waals surface area contributed by atoms with Gasteiger partial charge in [0.25, 0.3) is 0 Å². The smallest absolute Gasteiger partial charge is 0.243 e. The summed E-state index contributed by atoms with van der Waals surface area (Å²) in [6, 6.07) is 15.2. The van der Waals surface area contributed by atoms with Crippen LogP contribution in [0, 0.1) is 5.82 Å². The van der Waals surface area contributed by atoms with E-state index in [9.17, 15) is 12.8 Å². The van der Waals surface area contributed by atoms with Gasteiger partial charge in [-0.15, -0.1) is 0 Å². The van der Waals surface area contributed by atoms with Crippen molar-refractivity contribution in [1.82, 2.24) is 9.21 Å². The molecule has 1 heterocycles. The van der Waals surface area contributed by atoms with Gasteiger partial charge in [-0.1, -0.05) is 36.4 Å². The van der Waals surface area contributed by atoms with Crippen LogP contribution in [0.25, 0.3) is 0 Å². The highest BCUT2D eigenvalue weighted by molar-refractivity contribution is 7.89. The molecule has 1 fully saturated rings. The lowest BCUT2D eigenvalue weighted by Crippen LogP contribution is -2.48. The SMILES string of the molecule is O=S(=O)(c1ccccc1)N1CCN(Cc2ccccc2F)CC1. The number of sulfonamides is 1. The molecule has 1 aliphatic heterocycles. The maximum absolute atomic E-state index is 13.7. The third-order valence-electron chi connectivity index (χ3n) is 4.06. The lowest BCUT2D eigenvalue weighted by Gasteiger charge is -2.34. The summed E-state index contributed by atoms with van der Waals surface area (Å²) in [4.78, 5) is 2.40. The third-order valence-corrected chi connectivity index (χ3v) is 5.98. The Kier molecular flexibility index (Phi) is 4.75. The summed E-state index contributed by atoms with van der Waals surface area (Å²) in [6.45, 7) is 2.55. The number of hydrogen-bond donors (Lipinski definition) is 0. The average Bonchev–Trinajstić information content (AvgIpc) is 2.58. The van der Waals surface area contributed by atoms with Gasteiger partial charge in [0.15, 0.2) is 0 Å². The zero-order chi connectivity index (χ0) is 16.3. The largest absolute Gasteiger partial charge is 0.296 e. The van der Waals surface area contributed by atoms with Crippen molar-refractivity contribution in [3.8, 4) is 0 Å². The van der Waals surface area contributed by atoms with E-state index >= 15 is 0 Å². The Morgan fingerprint density at radius 1 is 0.870 bits per heavy atom. The predicted octanol–water partition coefficient (Wildman–Crippen LogP) is 2.33. The Morgan fingerprint density at radius 3 is 2.13 bits per heavy atom. The molecule has 0 unspecified atom stereocenters. The highest BCUT2D eigenvalue weighted by Crippen LogP contribution is 2.18. The average molecular weight is 334 g/mol. The summed E-state index contributed by atoms with van der Waals surface area (Å²) < 4.78 is 40.3. The maximum atomic E-state index is 13.7. The fraction of sp³-hybridized carbons (Fsp3) is 0.294. The van der Waals surface area contributed by atoms with Gasteiger partial charge in [0.2, 0.25) is 10.0 Å². The van der Waals surface area contributed by atoms with Crippen molar-refractivity contribution in [3.05, 3.63) is 66.0 Å². The predicted molar refractivity (Wildman–Crippen MR) is 86.9 cm³/mol. The Labute approximate surface area is 136 Å². The van der Waals surface area contributed by atoms with Crippen molar-refractivity contribution in [2.24, 2.45) is 0 Å². The normalized spacial score (nSPS) is 17.3. The molecule has 1 saturated heterocycles. The number of halogens is 1. The molecule has 122 valence electrons. The Hall–Kier alpha value is -1.76. The molecule has 0 aromatic heterocycles. The van der Waals surface area contributed by atoms with Crippen molar-refractivity contribution in [3.63, 3.8) is 0 Å². The second-order valence-corrected chi connectivity index (χ2v) is 7.52. The van der Waals surface area contributed by atoms with Crippen LogP contribution in [0.2, 0.25) is 0 Å². The van der Waals surface area contributed by atoms with Crippen LogP contribution in [-0.4, -0.2) is 43.8 Å². The van der Waals surface area contributed by atoms with Gasteiger partial charge in [-0.25, -0.2) is 12.8 Å². The van der Waals surface area contributed by atoms with Gasteiger partial charge in [-0.2, -0.15) is 4.31 Å². The van der Waals surface area contributed by atoms with Gasteiger partial charge in [0.05, 0.1) is 4.90 Å². The summed E-state index contributed by atoms with van der Waals surface area (Å²) in [5.41, 5.74) is 0.645. The first-order valence-electron chi connectivity index (χ1n) is 7.58. The molecule has 0 atom stereocenters. The zero-order valence-corrected chi connectivity index (χ0v) is 13.5. The molecular weight excluding hydrogens is 315 g/mol. The van der Waals surface area contributed by atoms with E-state index in [-0.39, 0.29) is 5.82 Å². The molecule has 0 saturated carbocycles. The molecule has 4 nitrogen and oxygen atoms in total. The van der Waals surface area contributed by atoms with Crippen LogP contribution in [0.1, 0.15) is 5.56 Å². The van der Waals surface area contributed by atoms with Crippen LogP contribution in [-0.2, 0) is 16.6 Å². The Morgan fingerprint density at radius 2 is 1.48 bits per heavy atom. The molecule has 0 N–H and O–H groups in total. The van der Waals surface area contributed by atoms with Crippen LogP contribution in [0.4, 0.5) is 4.39 Å². The minimum absolute atomic E-state index is 0.216. The number of benzene rings is 2. The third kappa shape index (κ3) is 3.60. The summed E-state index contributed by atoms with van der Waals surface area (Å²) >= 11 is 0. The van der Waals surface area contributed by atoms with Gasteiger partial charge >= 0.3 is 0 Å². The topological polar surface area (TPSA) is 40.6 Å². The number of rotatable bonds is 4. The first-order chi connectivity index (χ1) is 11.1. The molecule has 3 rings (SSSR count). The van der Waals surface area contributed by atoms with Crippen LogP contribution in [0.5, 0.6) is 0 Å². The van der Waals surface area contributed by atoms with E-state index in [0.717, 1.165) is 0 Å². The van der Waals surface area contributed by atoms with Crippen LogP contribution >= 0.6 is 0 Å². The molecular formula is C17H19FN2O2S. The van der Waals surface area contributed by atoms with E-state index in [1.54, 1.807) is 42.5 Å². The van der Waals surface area contributed by atoms with Crippen molar-refractivity contribution >= 4 is 10.0 Å². The highest BCUT2D eigenvalue weighted by Gasteiger charge is 2.28. The number of hydrogen-bond acceptors (Lipinski definition) is 3. The van der Waals surface area contributed by atoms with E-state index in [4.69, 9.17) is 0 Å². The van der Waals surface area contributed by atoms with E-state index in [0.29, 0.717) is 43.2 Å². The van der Waals surface area contributed by atoms with E-state index < -0.39 is 10.0 Å². The van der Waals surface area contributed by atoms with Gasteiger partial charge in [0.1, 0.15) is 5.82 Å². The van der Waals surface area contributed by atoms with Crippen molar-refractivity contribution in [2.45, 2.75) is 11.4 Å². The molecule has 0 bridgehead atoms. The fourth-order valence-electron chi connectivity index (χ4n) is 2.74. The number of nitrogens with zero attached hydrogens (tertiary/aromatic N) is 2. The first-order valence-corrected chi connectivity index (χ1v) is 9.02. The molecule has 0 spiro atoms. The van der Waals surface area contributed by atoms with E-state index in [1.165, 1.54) is 10.4 Å². The molecule has 2 aromatic rings. The molecule has 0 radical (unpaired) electrons. The van der Waals surface area contributed by atoms with Gasteiger partial charge < -0.3 is 0 Å². The molecule has 1 aliphatic rings. The maximum Gasteiger partial charge on any atom is 0.243 e. The van der Waals surface area contributed by atoms with Gasteiger partial charge in [-0.05, 0) is 18.2 Å². The second kappa shape index (κ2) is 6.78. The van der Waals surface area contributed by atoms with Crippen LogP contribution < -0.4 is 0 Å². The monoisotopic (exact) mass is 334 g/mol. The van der Waals surface area contributed by atoms with E-state index in [2.05, 4.69) is 4.90 Å². The molecule has 23 heavy (non-hydrogen) atoms. The fourth-order valence-corrected chi connectivity index (χ4v) is 4.18. The quantitative estimate of drug-likeness (QED) is 0.862. The standard InChI is InChI=1S/C17H19FN2O2S/c18-17-9-5-4-6-15(17)14-19-10-12-20(13-11-19)23(21,22)16-7-2-1-3-8-16/h1-9H,10-14H2. The lowest BCUT2D eigenvalue weighted by atomic mass is 10.2. The minimum atomic E-state index is -3.43. The van der Waals surface area contributed by atoms with Crippen molar-refractivity contribution in [2.75, 3.05) is 26.2 Å². The first kappa shape index (κ1) is 16.1. The van der Waals surface area contributed by atoms with E-state index in [1.807, 2.05) is 6.07 Å². The Balaban J connectivity index is 1.64. The summed E-state index contributed by atoms with van der Waals surface area (Å²) in [7, 11) is -3.43. The summed E-state index contributed by atoms with van der Waals surface area (Å²) in [5, 5.41) is 0. The van der Waals surface area contributed by atoms with Crippen LogP contribution in [0.15, 0.2) is 59.5 Å². The molecule has 6 heteroatoms. The van der Waals surface area contributed by atoms with Gasteiger partial charge in [-0.3, -0.25) is 4.90 Å². The van der Waals surface area contributed by atoms with Crippen molar-refractivity contribution < 1.29 is 12.8 Å². The highest BCUT2D eigenvalue weighted by atomic mass is 32.2. The summed E-state index contributed by atoms with van der Waals surface area (Å²) in [6.07, 6.45) is 0. The second-order valence-electron chi connectivity index (χ2n) is 5.58. The number of piperazine rings is 1. The van der Waals surface area contributed by atoms with Crippen LogP contribution in [0.3, 0.4) is 0 Å². The zero-order valence-electron chi connectivity index (χ0n) is 12.7. The minimum Gasteiger partial charge on any atom is -0.296 e. The molecule has 0 amide bonds. The molecule has 2 aromatic carbocycles.